The molecule has 3 fully saturated rings. The summed E-state index contributed by atoms with van der Waals surface area (Å²) in [4.78, 5) is 25.3. The van der Waals surface area contributed by atoms with Crippen molar-refractivity contribution in [3.05, 3.63) is 35.8 Å². The van der Waals surface area contributed by atoms with Crippen LogP contribution in [0, 0.1) is 42.4 Å². The second-order valence-corrected chi connectivity index (χ2v) is 6.84. The van der Waals surface area contributed by atoms with E-state index in [-0.39, 0.29) is 35.5 Å². The summed E-state index contributed by atoms with van der Waals surface area (Å²) in [5.41, 5.74) is 0. The highest BCUT2D eigenvalue weighted by Crippen LogP contribution is 2.65. The Morgan fingerprint density at radius 2 is 1.77 bits per heavy atom. The molecule has 2 bridgehead atoms. The number of allylic oxidation sites excluding steroid dienone is 2. The van der Waals surface area contributed by atoms with Gasteiger partial charge in [-0.25, -0.2) is 0 Å². The lowest BCUT2D eigenvalue weighted by atomic mass is 9.63. The molecule has 0 aromatic carbocycles. The Labute approximate surface area is 127 Å². The first-order valence-corrected chi connectivity index (χ1v) is 7.82. The van der Waals surface area contributed by atoms with E-state index in [0.29, 0.717) is 17.6 Å². The second-order valence-electron chi connectivity index (χ2n) is 6.84. The smallest absolute Gasteiger partial charge is 0.254 e. The van der Waals surface area contributed by atoms with E-state index in [1.54, 1.807) is 6.07 Å². The number of hydrazone groups is 1. The van der Waals surface area contributed by atoms with Crippen molar-refractivity contribution in [2.24, 2.45) is 40.6 Å². The van der Waals surface area contributed by atoms with Gasteiger partial charge < -0.3 is 4.42 Å². The van der Waals surface area contributed by atoms with Gasteiger partial charge in [0.05, 0.1) is 18.1 Å². The highest BCUT2D eigenvalue weighted by Gasteiger charge is 2.67. The van der Waals surface area contributed by atoms with Gasteiger partial charge in [0, 0.05) is 0 Å². The number of carbonyl (C=O) groups is 2. The normalized spacial score (nSPS) is 41.4. The second kappa shape index (κ2) is 3.97. The Bertz CT molecular complexity index is 711. The molecule has 1 aromatic heterocycles. The predicted molar refractivity (Wildman–Crippen MR) is 77.6 cm³/mol. The van der Waals surface area contributed by atoms with Crippen molar-refractivity contribution in [1.82, 2.24) is 5.01 Å². The van der Waals surface area contributed by atoms with Crippen LogP contribution in [0.4, 0.5) is 0 Å². The van der Waals surface area contributed by atoms with Crippen LogP contribution < -0.4 is 0 Å². The van der Waals surface area contributed by atoms with Gasteiger partial charge in [-0.3, -0.25) is 9.59 Å². The van der Waals surface area contributed by atoms with E-state index >= 15 is 0 Å². The Kier molecular flexibility index (Phi) is 2.23. The molecular weight excluding hydrogens is 280 g/mol. The highest BCUT2D eigenvalue weighted by molar-refractivity contribution is 6.06. The number of carbonyl (C=O) groups excluding carboxylic acids is 2. The van der Waals surface area contributed by atoms with E-state index in [0.717, 1.165) is 10.8 Å². The average Bonchev–Trinajstić information content (AvgIpc) is 3.19. The van der Waals surface area contributed by atoms with Crippen molar-refractivity contribution in [3.63, 3.8) is 0 Å². The third-order valence-electron chi connectivity index (χ3n) is 5.70. The third kappa shape index (κ3) is 1.46. The van der Waals surface area contributed by atoms with Gasteiger partial charge in [-0.2, -0.15) is 10.1 Å². The summed E-state index contributed by atoms with van der Waals surface area (Å²) >= 11 is 0. The van der Waals surface area contributed by atoms with Crippen LogP contribution in [0.5, 0.6) is 0 Å². The number of imide groups is 1. The number of nitrogens with zero attached hydrogens (tertiary/aromatic N) is 2. The average molecular weight is 296 g/mol. The molecule has 2 amide bonds. The Morgan fingerprint density at radius 1 is 1.14 bits per heavy atom. The standard InChI is InChI=1S/C17H16N2O3/c1-8-2-3-9(22-8)7-18-19-16(20)14-10-4-5-11(13-6-12(10)13)15(14)17(19)21/h2-5,7,10-15H,6H2,1H3/b18-7+. The van der Waals surface area contributed by atoms with Crippen LogP contribution in [-0.2, 0) is 9.59 Å². The fourth-order valence-corrected chi connectivity index (χ4v) is 4.69. The SMILES string of the molecule is Cc1ccc(/C=N/N2C(=O)C3C4C=CC(C5CC45)C3C2=O)o1. The van der Waals surface area contributed by atoms with Crippen molar-refractivity contribution in [3.8, 4) is 0 Å². The summed E-state index contributed by atoms with van der Waals surface area (Å²) in [6.07, 6.45) is 6.95. The van der Waals surface area contributed by atoms with E-state index in [1.165, 1.54) is 12.6 Å². The number of amides is 2. The monoisotopic (exact) mass is 296 g/mol. The predicted octanol–water partition coefficient (Wildman–Crippen LogP) is 1.98. The molecule has 1 aromatic rings. The molecule has 6 unspecified atom stereocenters. The van der Waals surface area contributed by atoms with Gasteiger partial charge in [0.15, 0.2) is 0 Å². The largest absolute Gasteiger partial charge is 0.460 e. The Hall–Kier alpha value is -2.17. The molecule has 0 radical (unpaired) electrons. The summed E-state index contributed by atoms with van der Waals surface area (Å²) in [6.45, 7) is 1.84. The molecule has 6 rings (SSSR count). The molecule has 5 aliphatic rings. The number of aryl methyl sites for hydroxylation is 1. The molecule has 112 valence electrons. The third-order valence-corrected chi connectivity index (χ3v) is 5.70. The summed E-state index contributed by atoms with van der Waals surface area (Å²) in [5.74, 6) is 2.37. The van der Waals surface area contributed by atoms with E-state index in [1.807, 2.05) is 13.0 Å². The number of hydrogen-bond acceptors (Lipinski definition) is 4. The van der Waals surface area contributed by atoms with Crippen LogP contribution in [0.1, 0.15) is 17.9 Å². The fourth-order valence-electron chi connectivity index (χ4n) is 4.69. The molecule has 2 heterocycles. The first-order chi connectivity index (χ1) is 10.6. The molecule has 5 heteroatoms. The van der Waals surface area contributed by atoms with Gasteiger partial charge in [-0.15, -0.1) is 0 Å². The molecule has 6 atom stereocenters. The van der Waals surface area contributed by atoms with Crippen molar-refractivity contribution in [1.29, 1.82) is 0 Å². The van der Waals surface area contributed by atoms with E-state index in [9.17, 15) is 9.59 Å². The van der Waals surface area contributed by atoms with Crippen LogP contribution in [0.25, 0.3) is 0 Å². The lowest BCUT2D eigenvalue weighted by Gasteiger charge is -2.37. The molecule has 1 saturated heterocycles. The zero-order chi connectivity index (χ0) is 15.0. The van der Waals surface area contributed by atoms with Gasteiger partial charge in [0.25, 0.3) is 11.8 Å². The maximum Gasteiger partial charge on any atom is 0.254 e. The summed E-state index contributed by atoms with van der Waals surface area (Å²) < 4.78 is 5.40. The minimum Gasteiger partial charge on any atom is -0.460 e. The zero-order valence-corrected chi connectivity index (χ0v) is 12.2. The van der Waals surface area contributed by atoms with E-state index in [4.69, 9.17) is 4.42 Å². The quantitative estimate of drug-likeness (QED) is 0.476. The number of furan rings is 1. The molecule has 5 nitrogen and oxygen atoms in total. The molecule has 2 saturated carbocycles. The summed E-state index contributed by atoms with van der Waals surface area (Å²) in [5, 5.41) is 5.19. The topological polar surface area (TPSA) is 62.9 Å². The van der Waals surface area contributed by atoms with Gasteiger partial charge in [0.2, 0.25) is 0 Å². The maximum absolute atomic E-state index is 12.7. The van der Waals surface area contributed by atoms with Crippen LogP contribution in [0.15, 0.2) is 33.8 Å². The highest BCUT2D eigenvalue weighted by atomic mass is 16.3. The van der Waals surface area contributed by atoms with Gasteiger partial charge >= 0.3 is 0 Å². The van der Waals surface area contributed by atoms with Crippen LogP contribution in [0.3, 0.4) is 0 Å². The Balaban J connectivity index is 1.46. The van der Waals surface area contributed by atoms with Crippen molar-refractivity contribution in [2.45, 2.75) is 13.3 Å². The molecule has 0 N–H and O–H groups in total. The first-order valence-electron chi connectivity index (χ1n) is 7.82. The van der Waals surface area contributed by atoms with Crippen LogP contribution in [0.2, 0.25) is 0 Å². The van der Waals surface area contributed by atoms with Gasteiger partial charge in [-0.1, -0.05) is 12.2 Å². The van der Waals surface area contributed by atoms with Gasteiger partial charge in [0.1, 0.15) is 11.5 Å². The van der Waals surface area contributed by atoms with Crippen LogP contribution in [-0.4, -0.2) is 23.0 Å². The minimum absolute atomic E-state index is 0.140. The van der Waals surface area contributed by atoms with E-state index < -0.39 is 0 Å². The molecular formula is C17H16N2O3. The van der Waals surface area contributed by atoms with E-state index in [2.05, 4.69) is 17.3 Å². The molecule has 4 aliphatic carbocycles. The maximum atomic E-state index is 12.7. The lowest BCUT2D eigenvalue weighted by molar-refractivity contribution is -0.140. The summed E-state index contributed by atoms with van der Waals surface area (Å²) in [7, 11) is 0. The minimum atomic E-state index is -0.193. The zero-order valence-electron chi connectivity index (χ0n) is 12.2. The Morgan fingerprint density at radius 3 is 2.32 bits per heavy atom. The number of rotatable bonds is 2. The molecule has 1 aliphatic heterocycles. The van der Waals surface area contributed by atoms with Crippen molar-refractivity contribution >= 4 is 18.0 Å². The first kappa shape index (κ1) is 12.4. The summed E-state index contributed by atoms with van der Waals surface area (Å²) in [6, 6.07) is 3.60. The van der Waals surface area contributed by atoms with Crippen LogP contribution >= 0.6 is 0 Å². The lowest BCUT2D eigenvalue weighted by Crippen LogP contribution is -2.40. The molecule has 22 heavy (non-hydrogen) atoms. The molecule has 0 spiro atoms. The number of hydrogen-bond donors (Lipinski definition) is 0. The fraction of sp³-hybridized carbons (Fsp3) is 0.471. The van der Waals surface area contributed by atoms with Gasteiger partial charge in [-0.05, 0) is 49.1 Å². The van der Waals surface area contributed by atoms with Crippen molar-refractivity contribution in [2.75, 3.05) is 0 Å². The van der Waals surface area contributed by atoms with Crippen molar-refractivity contribution < 1.29 is 14.0 Å².